The van der Waals surface area contributed by atoms with Crippen molar-refractivity contribution in [1.29, 1.82) is 0 Å². The largest absolute Gasteiger partial charge is 0.507 e. The highest BCUT2D eigenvalue weighted by Gasteiger charge is 2.24. The molecule has 0 spiro atoms. The second-order valence-electron chi connectivity index (χ2n) is 5.19. The van der Waals surface area contributed by atoms with Crippen LogP contribution in [0.3, 0.4) is 0 Å². The summed E-state index contributed by atoms with van der Waals surface area (Å²) in [5, 5.41) is 9.55. The number of benzene rings is 1. The number of aromatic hydroxyl groups is 1. The molecular weight excluding hydrogens is 371 g/mol. The number of rotatable bonds is 7. The third kappa shape index (κ3) is 8.18. The Morgan fingerprint density at radius 2 is 1.90 bits per heavy atom. The maximum Gasteiger partial charge on any atom is 0.155 e. The summed E-state index contributed by atoms with van der Waals surface area (Å²) in [7, 11) is 0.321. The Bertz CT molecular complexity index is 423. The van der Waals surface area contributed by atoms with Gasteiger partial charge in [0.25, 0.3) is 0 Å². The van der Waals surface area contributed by atoms with Gasteiger partial charge in [-0.2, -0.15) is 0 Å². The molecule has 0 fully saturated rings. The Morgan fingerprint density at radius 1 is 1.29 bits per heavy atom. The second-order valence-corrected chi connectivity index (χ2v) is 7.06. The van der Waals surface area contributed by atoms with Crippen LogP contribution in [0.1, 0.15) is 52.9 Å². The maximum atomic E-state index is 10.6. The Hall–Kier alpha value is -0.110. The first-order chi connectivity index (χ1) is 9.94. The van der Waals surface area contributed by atoms with E-state index >= 15 is 0 Å². The standard InChI is InChI=1S/C10H21OP.C6H4BrClO/c1-4-7-8-10(5-2,6-3)9-12-11;7-5-3-4(8)1-2-6(5)9/h4-9H2,1-3H3;1-3,9H. The van der Waals surface area contributed by atoms with Crippen LogP contribution >= 0.6 is 36.0 Å². The first-order valence-corrected chi connectivity index (χ1v) is 9.54. The van der Waals surface area contributed by atoms with Crippen LogP contribution in [-0.2, 0) is 4.57 Å². The van der Waals surface area contributed by atoms with Gasteiger partial charge in [0, 0.05) is 11.2 Å². The number of halogens is 2. The highest BCUT2D eigenvalue weighted by atomic mass is 79.9. The molecule has 0 aliphatic heterocycles. The minimum atomic E-state index is 0.208. The molecule has 0 saturated heterocycles. The predicted octanol–water partition coefficient (Wildman–Crippen LogP) is 7.08. The molecule has 0 atom stereocenters. The summed E-state index contributed by atoms with van der Waals surface area (Å²) in [6.45, 7) is 6.64. The van der Waals surface area contributed by atoms with Crippen LogP contribution in [0.2, 0.25) is 5.02 Å². The molecule has 1 N–H and O–H groups in total. The highest BCUT2D eigenvalue weighted by Crippen LogP contribution is 2.35. The molecule has 1 aromatic carbocycles. The van der Waals surface area contributed by atoms with Crippen molar-refractivity contribution in [2.45, 2.75) is 52.9 Å². The molecule has 0 unspecified atom stereocenters. The Morgan fingerprint density at radius 3 is 2.29 bits per heavy atom. The zero-order chi connectivity index (χ0) is 16.3. The number of unbranched alkanes of at least 4 members (excludes halogenated alkanes) is 1. The average Bonchev–Trinajstić information content (AvgIpc) is 2.48. The van der Waals surface area contributed by atoms with Crippen molar-refractivity contribution in [2.24, 2.45) is 5.41 Å². The topological polar surface area (TPSA) is 37.3 Å². The first-order valence-electron chi connectivity index (χ1n) is 7.37. The van der Waals surface area contributed by atoms with Gasteiger partial charge in [-0.3, -0.25) is 4.57 Å². The average molecular weight is 396 g/mol. The molecule has 5 heteroatoms. The van der Waals surface area contributed by atoms with Crippen LogP contribution in [0.5, 0.6) is 5.75 Å². The molecule has 120 valence electrons. The lowest BCUT2D eigenvalue weighted by atomic mass is 9.80. The normalized spacial score (nSPS) is 11.1. The number of phenolic OH excluding ortho intramolecular Hbond substituents is 1. The van der Waals surface area contributed by atoms with Gasteiger partial charge in [0.05, 0.1) is 4.47 Å². The molecule has 1 aromatic rings. The summed E-state index contributed by atoms with van der Waals surface area (Å²) in [5.74, 6) is 0.208. The Labute approximate surface area is 143 Å². The SMILES string of the molecule is CCCCC(CC)(CC)CP=O.Oc1ccc(Cl)cc1Br. The van der Waals surface area contributed by atoms with Gasteiger partial charge in [0.15, 0.2) is 8.46 Å². The molecule has 0 amide bonds. The lowest BCUT2D eigenvalue weighted by Crippen LogP contribution is -2.20. The molecule has 2 nitrogen and oxygen atoms in total. The van der Waals surface area contributed by atoms with Gasteiger partial charge in [-0.15, -0.1) is 0 Å². The second kappa shape index (κ2) is 11.5. The Kier molecular flexibility index (Phi) is 11.4. The van der Waals surface area contributed by atoms with Crippen molar-refractivity contribution in [3.05, 3.63) is 27.7 Å². The highest BCUT2D eigenvalue weighted by molar-refractivity contribution is 9.10. The van der Waals surface area contributed by atoms with Crippen LogP contribution in [0.25, 0.3) is 0 Å². The van der Waals surface area contributed by atoms with Gasteiger partial charge in [-0.05, 0) is 58.8 Å². The van der Waals surface area contributed by atoms with Crippen molar-refractivity contribution in [3.63, 3.8) is 0 Å². The number of hydrogen-bond acceptors (Lipinski definition) is 2. The molecule has 0 radical (unpaired) electrons. The van der Waals surface area contributed by atoms with Crippen LogP contribution in [0.4, 0.5) is 0 Å². The van der Waals surface area contributed by atoms with Crippen molar-refractivity contribution < 1.29 is 9.67 Å². The van der Waals surface area contributed by atoms with E-state index in [1.165, 1.54) is 38.2 Å². The smallest absolute Gasteiger partial charge is 0.155 e. The van der Waals surface area contributed by atoms with Crippen LogP contribution in [-0.4, -0.2) is 11.3 Å². The minimum Gasteiger partial charge on any atom is -0.507 e. The van der Waals surface area contributed by atoms with E-state index in [1.54, 1.807) is 12.1 Å². The summed E-state index contributed by atoms with van der Waals surface area (Å²) in [4.78, 5) is 0. The third-order valence-corrected chi connectivity index (χ3v) is 5.54. The van der Waals surface area contributed by atoms with E-state index in [0.717, 1.165) is 6.16 Å². The van der Waals surface area contributed by atoms with E-state index in [1.807, 2.05) is 0 Å². The Balaban J connectivity index is 0.000000394. The van der Waals surface area contributed by atoms with Gasteiger partial charge >= 0.3 is 0 Å². The van der Waals surface area contributed by atoms with Crippen molar-refractivity contribution in [2.75, 3.05) is 6.16 Å². The van der Waals surface area contributed by atoms with Crippen LogP contribution in [0.15, 0.2) is 22.7 Å². The molecular formula is C16H25BrClO2P. The number of hydrogen-bond donors (Lipinski definition) is 1. The summed E-state index contributed by atoms with van der Waals surface area (Å²) in [6.07, 6.45) is 6.94. The van der Waals surface area contributed by atoms with Gasteiger partial charge in [0.2, 0.25) is 0 Å². The summed E-state index contributed by atoms with van der Waals surface area (Å²) in [6, 6.07) is 4.80. The van der Waals surface area contributed by atoms with E-state index in [4.69, 9.17) is 16.7 Å². The molecule has 0 aliphatic carbocycles. The molecule has 1 rings (SSSR count). The zero-order valence-corrected chi connectivity index (χ0v) is 16.3. The van der Waals surface area contributed by atoms with Gasteiger partial charge in [-0.1, -0.05) is 45.2 Å². The van der Waals surface area contributed by atoms with E-state index in [-0.39, 0.29) is 5.75 Å². The predicted molar refractivity (Wildman–Crippen MR) is 95.8 cm³/mol. The third-order valence-electron chi connectivity index (χ3n) is 3.87. The van der Waals surface area contributed by atoms with Crippen molar-refractivity contribution in [1.82, 2.24) is 0 Å². The molecule has 0 aliphatic rings. The minimum absolute atomic E-state index is 0.208. The summed E-state index contributed by atoms with van der Waals surface area (Å²) >= 11 is 8.69. The maximum absolute atomic E-state index is 10.6. The lowest BCUT2D eigenvalue weighted by Gasteiger charge is -2.28. The number of phenols is 1. The van der Waals surface area contributed by atoms with Gasteiger partial charge < -0.3 is 5.11 Å². The molecule has 0 heterocycles. The van der Waals surface area contributed by atoms with Gasteiger partial charge in [0.1, 0.15) is 5.75 Å². The lowest BCUT2D eigenvalue weighted by molar-refractivity contribution is 0.270. The fourth-order valence-electron chi connectivity index (χ4n) is 2.08. The van der Waals surface area contributed by atoms with E-state index in [0.29, 0.717) is 23.4 Å². The van der Waals surface area contributed by atoms with Crippen molar-refractivity contribution >= 4 is 36.0 Å². The van der Waals surface area contributed by atoms with E-state index in [9.17, 15) is 4.57 Å². The van der Waals surface area contributed by atoms with Gasteiger partial charge in [-0.25, -0.2) is 0 Å². The molecule has 0 saturated carbocycles. The quantitative estimate of drug-likeness (QED) is 0.501. The fraction of sp³-hybridized carbons (Fsp3) is 0.625. The molecule has 0 aromatic heterocycles. The van der Waals surface area contributed by atoms with Crippen LogP contribution < -0.4 is 0 Å². The van der Waals surface area contributed by atoms with Crippen LogP contribution in [0, 0.1) is 5.41 Å². The summed E-state index contributed by atoms with van der Waals surface area (Å²) in [5.41, 5.74) is 0.360. The summed E-state index contributed by atoms with van der Waals surface area (Å²) < 4.78 is 11.2. The monoisotopic (exact) mass is 394 g/mol. The molecule has 0 bridgehead atoms. The van der Waals surface area contributed by atoms with E-state index < -0.39 is 0 Å². The first kappa shape index (κ1) is 20.9. The zero-order valence-electron chi connectivity index (χ0n) is 13.0. The van der Waals surface area contributed by atoms with Crippen molar-refractivity contribution in [3.8, 4) is 5.75 Å². The fourth-order valence-corrected chi connectivity index (χ4v) is 3.64. The van der Waals surface area contributed by atoms with E-state index in [2.05, 4.69) is 36.7 Å². The molecule has 21 heavy (non-hydrogen) atoms.